The average molecular weight is 781 g/mol. The predicted molar refractivity (Wildman–Crippen MR) is 257 cm³/mol. The smallest absolute Gasteiger partial charge is 0.137 e. The fourth-order valence-electron chi connectivity index (χ4n) is 8.69. The average Bonchev–Trinajstić information content (AvgIpc) is 3.73. The molecule has 10 aromatic carbocycles. The highest BCUT2D eigenvalue weighted by Crippen LogP contribution is 2.46. The summed E-state index contributed by atoms with van der Waals surface area (Å²) in [5.74, 6) is 0. The molecule has 0 fully saturated rings. The van der Waals surface area contributed by atoms with Crippen LogP contribution in [0.1, 0.15) is 0 Å². The van der Waals surface area contributed by atoms with Gasteiger partial charge >= 0.3 is 0 Å². The Labute approximate surface area is 355 Å². The predicted octanol–water partition coefficient (Wildman–Crippen LogP) is 16.7. The molecule has 1 aromatic heterocycles. The first-order chi connectivity index (χ1) is 30.2. The lowest BCUT2D eigenvalue weighted by Gasteiger charge is -2.29. The maximum Gasteiger partial charge on any atom is 0.137 e. The lowest BCUT2D eigenvalue weighted by atomic mass is 9.94. The van der Waals surface area contributed by atoms with Gasteiger partial charge in [0.05, 0.1) is 16.8 Å². The number of para-hydroxylation sites is 3. The van der Waals surface area contributed by atoms with Crippen molar-refractivity contribution in [1.29, 1.82) is 0 Å². The van der Waals surface area contributed by atoms with Gasteiger partial charge in [-0.15, -0.1) is 0 Å². The number of anilines is 6. The van der Waals surface area contributed by atoms with Crippen molar-refractivity contribution in [3.05, 3.63) is 243 Å². The molecule has 0 aliphatic heterocycles. The number of hydrogen-bond acceptors (Lipinski definition) is 3. The van der Waals surface area contributed by atoms with Crippen LogP contribution in [0.25, 0.3) is 66.1 Å². The summed E-state index contributed by atoms with van der Waals surface area (Å²) < 4.78 is 6.34. The van der Waals surface area contributed by atoms with E-state index < -0.39 is 0 Å². The van der Waals surface area contributed by atoms with Gasteiger partial charge in [-0.1, -0.05) is 158 Å². The van der Waals surface area contributed by atoms with Crippen molar-refractivity contribution >= 4 is 66.8 Å². The van der Waals surface area contributed by atoms with E-state index in [9.17, 15) is 0 Å². The minimum atomic E-state index is 0.870. The van der Waals surface area contributed by atoms with Crippen LogP contribution < -0.4 is 9.80 Å². The molecule has 11 rings (SSSR count). The number of hydrogen-bond donors (Lipinski definition) is 0. The van der Waals surface area contributed by atoms with Crippen molar-refractivity contribution in [3.8, 4) is 33.4 Å². The second-order valence-electron chi connectivity index (χ2n) is 15.3. The third-order valence-corrected chi connectivity index (χ3v) is 11.6. The van der Waals surface area contributed by atoms with Gasteiger partial charge in [0, 0.05) is 33.7 Å². The SMILES string of the molecule is c1ccc(-c2ccc(N(c3ccccc3)c3ccc(-c4ccc(N(c5ccccc5)c5cccc6oc7ccccc7c56)cc4)cc3-c3ccc4ccccc4c3)cc2)cc1. The number of furan rings is 1. The van der Waals surface area contributed by atoms with Crippen molar-refractivity contribution in [2.75, 3.05) is 9.80 Å². The molecule has 0 aliphatic carbocycles. The molecule has 1 heterocycles. The quantitative estimate of drug-likeness (QED) is 0.145. The minimum absolute atomic E-state index is 0.870. The lowest BCUT2D eigenvalue weighted by molar-refractivity contribution is 0.669. The summed E-state index contributed by atoms with van der Waals surface area (Å²) in [6, 6.07) is 86.6. The maximum absolute atomic E-state index is 6.34. The second kappa shape index (κ2) is 15.6. The molecule has 61 heavy (non-hydrogen) atoms. The van der Waals surface area contributed by atoms with Crippen LogP contribution in [0.4, 0.5) is 34.1 Å². The molecule has 0 spiro atoms. The molecule has 0 saturated heterocycles. The third kappa shape index (κ3) is 6.78. The Bertz CT molecular complexity index is 3280. The minimum Gasteiger partial charge on any atom is -0.456 e. The van der Waals surface area contributed by atoms with E-state index in [1.54, 1.807) is 0 Å². The zero-order valence-electron chi connectivity index (χ0n) is 33.4. The summed E-state index contributed by atoms with van der Waals surface area (Å²) >= 11 is 0. The first kappa shape index (κ1) is 36.0. The van der Waals surface area contributed by atoms with Crippen LogP contribution in [0, 0.1) is 0 Å². The van der Waals surface area contributed by atoms with Gasteiger partial charge < -0.3 is 14.2 Å². The van der Waals surface area contributed by atoms with Gasteiger partial charge in [-0.25, -0.2) is 0 Å². The molecular formula is C58H40N2O. The molecular weight excluding hydrogens is 741 g/mol. The summed E-state index contributed by atoms with van der Waals surface area (Å²) in [5.41, 5.74) is 15.2. The van der Waals surface area contributed by atoms with Gasteiger partial charge in [0.1, 0.15) is 11.2 Å². The monoisotopic (exact) mass is 780 g/mol. The van der Waals surface area contributed by atoms with Crippen molar-refractivity contribution in [3.63, 3.8) is 0 Å². The highest BCUT2D eigenvalue weighted by molar-refractivity contribution is 6.13. The Morgan fingerprint density at radius 3 is 1.46 bits per heavy atom. The first-order valence-electron chi connectivity index (χ1n) is 20.7. The van der Waals surface area contributed by atoms with E-state index in [0.29, 0.717) is 0 Å². The van der Waals surface area contributed by atoms with Crippen LogP contribution in [0.3, 0.4) is 0 Å². The standard InChI is InChI=1S/C58H40N2O/c1-4-15-41(16-5-1)43-29-34-50(35-30-43)59(48-19-6-2-7-20-48)54-38-33-46(40-53(54)47-28-27-42-17-10-11-18-45(42)39-47)44-31-36-51(37-32-44)60(49-21-8-3-9-22-49)55-24-14-26-57-58(55)52-23-12-13-25-56(52)61-57/h1-40H. The van der Waals surface area contributed by atoms with Gasteiger partial charge in [-0.05, 0) is 124 Å². The fraction of sp³-hybridized carbons (Fsp3) is 0. The largest absolute Gasteiger partial charge is 0.456 e. The van der Waals surface area contributed by atoms with Gasteiger partial charge in [0.15, 0.2) is 0 Å². The molecule has 0 amide bonds. The fourth-order valence-corrected chi connectivity index (χ4v) is 8.69. The van der Waals surface area contributed by atoms with Crippen LogP contribution >= 0.6 is 0 Å². The molecule has 0 unspecified atom stereocenters. The van der Waals surface area contributed by atoms with Crippen LogP contribution in [-0.2, 0) is 0 Å². The van der Waals surface area contributed by atoms with Crippen molar-refractivity contribution in [2.24, 2.45) is 0 Å². The van der Waals surface area contributed by atoms with Crippen LogP contribution in [-0.4, -0.2) is 0 Å². The van der Waals surface area contributed by atoms with Crippen molar-refractivity contribution < 1.29 is 4.42 Å². The topological polar surface area (TPSA) is 19.6 Å². The van der Waals surface area contributed by atoms with Crippen molar-refractivity contribution in [2.45, 2.75) is 0 Å². The third-order valence-electron chi connectivity index (χ3n) is 11.6. The summed E-state index contributed by atoms with van der Waals surface area (Å²) in [4.78, 5) is 4.71. The van der Waals surface area contributed by atoms with E-state index in [1.165, 1.54) is 21.9 Å². The molecule has 0 N–H and O–H groups in total. The molecule has 0 saturated carbocycles. The number of rotatable bonds is 9. The molecule has 0 atom stereocenters. The van der Waals surface area contributed by atoms with E-state index in [1.807, 2.05) is 12.1 Å². The Kier molecular flexibility index (Phi) is 9.18. The van der Waals surface area contributed by atoms with E-state index in [0.717, 1.165) is 78.3 Å². The molecule has 3 nitrogen and oxygen atoms in total. The first-order valence-corrected chi connectivity index (χ1v) is 20.7. The van der Waals surface area contributed by atoms with E-state index in [-0.39, 0.29) is 0 Å². The molecule has 3 heteroatoms. The summed E-state index contributed by atoms with van der Waals surface area (Å²) in [5, 5.41) is 4.63. The number of fused-ring (bicyclic) bond motifs is 4. The zero-order valence-corrected chi connectivity index (χ0v) is 33.4. The number of benzene rings is 10. The molecule has 0 radical (unpaired) electrons. The molecule has 11 aromatic rings. The summed E-state index contributed by atoms with van der Waals surface area (Å²) in [7, 11) is 0. The highest BCUT2D eigenvalue weighted by Gasteiger charge is 2.21. The Hall–Kier alpha value is -8.14. The van der Waals surface area contributed by atoms with Crippen LogP contribution in [0.2, 0.25) is 0 Å². The van der Waals surface area contributed by atoms with Gasteiger partial charge in [0.2, 0.25) is 0 Å². The van der Waals surface area contributed by atoms with Crippen LogP contribution in [0.15, 0.2) is 247 Å². The number of nitrogens with zero attached hydrogens (tertiary/aromatic N) is 2. The Morgan fingerprint density at radius 2 is 0.770 bits per heavy atom. The molecule has 0 aliphatic rings. The Morgan fingerprint density at radius 1 is 0.279 bits per heavy atom. The molecule has 0 bridgehead atoms. The summed E-state index contributed by atoms with van der Waals surface area (Å²) in [6.45, 7) is 0. The zero-order chi connectivity index (χ0) is 40.5. The highest BCUT2D eigenvalue weighted by atomic mass is 16.3. The Balaban J connectivity index is 1.04. The van der Waals surface area contributed by atoms with Gasteiger partial charge in [0.25, 0.3) is 0 Å². The normalized spacial score (nSPS) is 11.3. The second-order valence-corrected chi connectivity index (χ2v) is 15.3. The maximum atomic E-state index is 6.34. The van der Waals surface area contributed by atoms with Gasteiger partial charge in [-0.3, -0.25) is 0 Å². The van der Waals surface area contributed by atoms with E-state index in [2.05, 4.69) is 240 Å². The lowest BCUT2D eigenvalue weighted by Crippen LogP contribution is -2.11. The van der Waals surface area contributed by atoms with Crippen LogP contribution in [0.5, 0.6) is 0 Å². The summed E-state index contributed by atoms with van der Waals surface area (Å²) in [6.07, 6.45) is 0. The van der Waals surface area contributed by atoms with Crippen molar-refractivity contribution in [1.82, 2.24) is 0 Å². The van der Waals surface area contributed by atoms with Gasteiger partial charge in [-0.2, -0.15) is 0 Å². The van der Waals surface area contributed by atoms with E-state index in [4.69, 9.17) is 4.42 Å². The van der Waals surface area contributed by atoms with E-state index >= 15 is 0 Å². The molecule has 288 valence electrons.